The third kappa shape index (κ3) is 9.64. The molecule has 0 saturated carbocycles. The van der Waals surface area contributed by atoms with Gasteiger partial charge >= 0.3 is 0 Å². The molecular weight excluding hydrogens is 371 g/mol. The third-order valence-corrected chi connectivity index (χ3v) is 5.04. The van der Waals surface area contributed by atoms with E-state index in [-0.39, 0.29) is 43.1 Å². The van der Waals surface area contributed by atoms with E-state index in [1.54, 1.807) is 0 Å². The average molecular weight is 406 g/mol. The fourth-order valence-electron chi connectivity index (χ4n) is 3.37. The molecule has 1 atom stereocenters. The highest BCUT2D eigenvalue weighted by Gasteiger charge is 2.22. The topological polar surface area (TPSA) is 47.6 Å². The molecule has 2 aliphatic rings. The van der Waals surface area contributed by atoms with E-state index in [4.69, 9.17) is 0 Å². The van der Waals surface area contributed by atoms with Crippen LogP contribution >= 0.6 is 37.2 Å². The first-order chi connectivity index (χ1) is 10.1. The van der Waals surface area contributed by atoms with Crippen LogP contribution in [0.15, 0.2) is 0 Å². The van der Waals surface area contributed by atoms with Crippen LogP contribution in [0.3, 0.4) is 0 Å². The summed E-state index contributed by atoms with van der Waals surface area (Å²) in [6, 6.07) is 0. The predicted molar refractivity (Wildman–Crippen MR) is 108 cm³/mol. The monoisotopic (exact) mass is 404 g/mol. The fraction of sp³-hybridized carbons (Fsp3) is 0.938. The number of piperidine rings is 1. The summed E-state index contributed by atoms with van der Waals surface area (Å²) < 4.78 is 0. The van der Waals surface area contributed by atoms with Gasteiger partial charge in [-0.3, -0.25) is 9.69 Å². The summed E-state index contributed by atoms with van der Waals surface area (Å²) in [6.45, 7) is 10.8. The van der Waals surface area contributed by atoms with E-state index < -0.39 is 0 Å². The van der Waals surface area contributed by atoms with Crippen LogP contribution in [0.4, 0.5) is 0 Å². The van der Waals surface area contributed by atoms with E-state index in [1.165, 1.54) is 12.8 Å². The summed E-state index contributed by atoms with van der Waals surface area (Å²) in [5.41, 5.74) is 0. The van der Waals surface area contributed by atoms with Crippen molar-refractivity contribution in [3.63, 3.8) is 0 Å². The number of hydrogen-bond acceptors (Lipinski definition) is 4. The van der Waals surface area contributed by atoms with Crippen LogP contribution in [0.5, 0.6) is 0 Å². The van der Waals surface area contributed by atoms with Crippen LogP contribution in [-0.4, -0.2) is 75.1 Å². The maximum Gasteiger partial charge on any atom is 0.220 e. The number of nitrogens with zero attached hydrogens (tertiary/aromatic N) is 2. The van der Waals surface area contributed by atoms with Gasteiger partial charge in [0, 0.05) is 45.7 Å². The highest BCUT2D eigenvalue weighted by atomic mass is 35.5. The summed E-state index contributed by atoms with van der Waals surface area (Å²) in [6.07, 6.45) is 3.12. The van der Waals surface area contributed by atoms with Gasteiger partial charge in [-0.15, -0.1) is 37.2 Å². The highest BCUT2D eigenvalue weighted by Crippen LogP contribution is 2.23. The largest absolute Gasteiger partial charge is 0.355 e. The van der Waals surface area contributed by atoms with Crippen LogP contribution in [-0.2, 0) is 4.79 Å². The molecule has 2 saturated heterocycles. The molecular formula is C16H35Cl3N4O. The van der Waals surface area contributed by atoms with Crippen LogP contribution in [0.25, 0.3) is 0 Å². The first-order valence-corrected chi connectivity index (χ1v) is 8.53. The summed E-state index contributed by atoms with van der Waals surface area (Å²) in [5, 5.41) is 6.49. The van der Waals surface area contributed by atoms with Crippen molar-refractivity contribution < 1.29 is 4.79 Å². The van der Waals surface area contributed by atoms with Crippen molar-refractivity contribution in [1.29, 1.82) is 0 Å². The molecule has 2 heterocycles. The quantitative estimate of drug-likeness (QED) is 0.705. The number of halogens is 3. The Hall–Kier alpha value is 0.220. The maximum absolute atomic E-state index is 12.0. The Morgan fingerprint density at radius 2 is 1.71 bits per heavy atom. The molecule has 2 aliphatic heterocycles. The number of hydrogen-bond donors (Lipinski definition) is 2. The van der Waals surface area contributed by atoms with Crippen molar-refractivity contribution in [3.05, 3.63) is 0 Å². The molecule has 1 amide bonds. The molecule has 0 spiro atoms. The minimum atomic E-state index is 0. The second kappa shape index (κ2) is 14.4. The number of rotatable bonds is 6. The Kier molecular flexibility index (Phi) is 15.9. The van der Waals surface area contributed by atoms with Crippen molar-refractivity contribution >= 4 is 43.1 Å². The van der Waals surface area contributed by atoms with Gasteiger partial charge in [-0.1, -0.05) is 6.92 Å². The normalized spacial score (nSPS) is 20.9. The molecule has 2 rings (SSSR count). The van der Waals surface area contributed by atoms with Crippen LogP contribution in [0, 0.1) is 11.8 Å². The van der Waals surface area contributed by atoms with Gasteiger partial charge in [0.05, 0.1) is 0 Å². The molecule has 0 aromatic carbocycles. The lowest BCUT2D eigenvalue weighted by Gasteiger charge is -2.32. The lowest BCUT2D eigenvalue weighted by atomic mass is 9.84. The highest BCUT2D eigenvalue weighted by molar-refractivity contribution is 5.86. The number of amides is 1. The van der Waals surface area contributed by atoms with Crippen molar-refractivity contribution in [2.45, 2.75) is 26.2 Å². The lowest BCUT2D eigenvalue weighted by Crippen LogP contribution is -2.47. The summed E-state index contributed by atoms with van der Waals surface area (Å²) in [4.78, 5) is 16.8. The standard InChI is InChI=1S/C16H32N4O.3ClH/c1-14(15-3-5-17-6-4-15)13-16(21)18-7-8-20-11-9-19(2)10-12-20;;;/h14-15,17H,3-13H2,1-2H3,(H,18,21);3*1H. The summed E-state index contributed by atoms with van der Waals surface area (Å²) >= 11 is 0. The van der Waals surface area contributed by atoms with Gasteiger partial charge in [0.2, 0.25) is 5.91 Å². The smallest absolute Gasteiger partial charge is 0.220 e. The van der Waals surface area contributed by atoms with E-state index in [9.17, 15) is 4.79 Å². The second-order valence-corrected chi connectivity index (χ2v) is 6.76. The van der Waals surface area contributed by atoms with Crippen molar-refractivity contribution in [2.24, 2.45) is 11.8 Å². The lowest BCUT2D eigenvalue weighted by molar-refractivity contribution is -0.122. The molecule has 2 fully saturated rings. The maximum atomic E-state index is 12.0. The molecule has 0 aliphatic carbocycles. The first kappa shape index (κ1) is 26.4. The molecule has 0 bridgehead atoms. The Balaban J connectivity index is 0. The van der Waals surface area contributed by atoms with Gasteiger partial charge in [0.15, 0.2) is 0 Å². The number of likely N-dealkylation sites (N-methyl/N-ethyl adjacent to an activating group) is 1. The minimum absolute atomic E-state index is 0. The van der Waals surface area contributed by atoms with Gasteiger partial charge in [-0.05, 0) is 44.8 Å². The van der Waals surface area contributed by atoms with E-state index >= 15 is 0 Å². The molecule has 0 aromatic rings. The molecule has 1 unspecified atom stereocenters. The van der Waals surface area contributed by atoms with E-state index in [1.807, 2.05) is 0 Å². The average Bonchev–Trinajstić information content (AvgIpc) is 2.50. The zero-order chi connectivity index (χ0) is 15.1. The number of piperazine rings is 1. The molecule has 24 heavy (non-hydrogen) atoms. The fourth-order valence-corrected chi connectivity index (χ4v) is 3.37. The zero-order valence-corrected chi connectivity index (χ0v) is 17.4. The zero-order valence-electron chi connectivity index (χ0n) is 15.0. The summed E-state index contributed by atoms with van der Waals surface area (Å²) in [7, 11) is 2.17. The third-order valence-electron chi connectivity index (χ3n) is 5.04. The van der Waals surface area contributed by atoms with Crippen molar-refractivity contribution in [1.82, 2.24) is 20.4 Å². The van der Waals surface area contributed by atoms with Gasteiger partial charge < -0.3 is 15.5 Å². The van der Waals surface area contributed by atoms with Crippen LogP contribution < -0.4 is 10.6 Å². The van der Waals surface area contributed by atoms with Gasteiger partial charge in [0.1, 0.15) is 0 Å². The van der Waals surface area contributed by atoms with Gasteiger partial charge in [-0.25, -0.2) is 0 Å². The molecule has 0 aromatic heterocycles. The van der Waals surface area contributed by atoms with Crippen molar-refractivity contribution in [2.75, 3.05) is 59.4 Å². The van der Waals surface area contributed by atoms with E-state index in [0.717, 1.165) is 58.3 Å². The SMILES string of the molecule is CC(CC(=O)NCCN1CCN(C)CC1)C1CCNCC1.Cl.Cl.Cl. The summed E-state index contributed by atoms with van der Waals surface area (Å²) in [5.74, 6) is 1.46. The number of nitrogens with one attached hydrogen (secondary N) is 2. The Morgan fingerprint density at radius 1 is 1.12 bits per heavy atom. The van der Waals surface area contributed by atoms with E-state index in [2.05, 4.69) is 34.4 Å². The van der Waals surface area contributed by atoms with Crippen LogP contribution in [0.2, 0.25) is 0 Å². The minimum Gasteiger partial charge on any atom is -0.355 e. The van der Waals surface area contributed by atoms with Crippen LogP contribution in [0.1, 0.15) is 26.2 Å². The Morgan fingerprint density at radius 3 is 2.29 bits per heavy atom. The van der Waals surface area contributed by atoms with Gasteiger partial charge in [-0.2, -0.15) is 0 Å². The molecule has 2 N–H and O–H groups in total. The molecule has 5 nitrogen and oxygen atoms in total. The Bertz CT molecular complexity index is 322. The second-order valence-electron chi connectivity index (χ2n) is 6.76. The number of carbonyl (C=O) groups excluding carboxylic acids is 1. The Labute approximate surface area is 165 Å². The molecule has 8 heteroatoms. The first-order valence-electron chi connectivity index (χ1n) is 8.53. The molecule has 146 valence electrons. The van der Waals surface area contributed by atoms with E-state index in [0.29, 0.717) is 12.3 Å². The predicted octanol–water partition coefficient (Wildman–Crippen LogP) is 1.64. The van der Waals surface area contributed by atoms with Gasteiger partial charge in [0.25, 0.3) is 0 Å². The molecule has 0 radical (unpaired) electrons. The van der Waals surface area contributed by atoms with Crippen molar-refractivity contribution in [3.8, 4) is 0 Å². The number of carbonyl (C=O) groups is 1.